The lowest BCUT2D eigenvalue weighted by Gasteiger charge is -2.14. The third-order valence-electron chi connectivity index (χ3n) is 2.81. The van der Waals surface area contributed by atoms with Gasteiger partial charge in [0.2, 0.25) is 0 Å². The Balaban J connectivity index is 2.73. The molecule has 0 saturated carbocycles. The monoisotopic (exact) mass is 327 g/mol. The van der Waals surface area contributed by atoms with Crippen molar-refractivity contribution in [3.63, 3.8) is 0 Å². The number of hydrogen-bond acceptors (Lipinski definition) is 7. The van der Waals surface area contributed by atoms with Crippen molar-refractivity contribution < 1.29 is 28.7 Å². The van der Waals surface area contributed by atoms with Crippen LogP contribution in [0, 0.1) is 10.1 Å². The summed E-state index contributed by atoms with van der Waals surface area (Å²) in [6.45, 7) is -0.0172. The number of carbonyl (C=O) groups excluding carboxylic acids is 2. The molecule has 2 amide bonds. The highest BCUT2D eigenvalue weighted by molar-refractivity contribution is 6.39. The van der Waals surface area contributed by atoms with Gasteiger partial charge in [-0.15, -0.1) is 0 Å². The summed E-state index contributed by atoms with van der Waals surface area (Å²) in [6.07, 6.45) is -0.680. The van der Waals surface area contributed by atoms with Crippen LogP contribution >= 0.6 is 0 Å². The number of benzene rings is 1. The molecule has 126 valence electrons. The minimum Gasteiger partial charge on any atom is -0.494 e. The number of rotatable bonds is 7. The van der Waals surface area contributed by atoms with Crippen LogP contribution in [0.5, 0.6) is 5.75 Å². The number of nitrogens with zero attached hydrogens (tertiary/aromatic N) is 1. The largest absolute Gasteiger partial charge is 0.494 e. The minimum absolute atomic E-state index is 0.0172. The Kier molecular flexibility index (Phi) is 6.90. The molecule has 0 aliphatic rings. The van der Waals surface area contributed by atoms with Crippen molar-refractivity contribution in [1.29, 1.82) is 0 Å². The average molecular weight is 327 g/mol. The first kappa shape index (κ1) is 18.3. The molecule has 2 N–H and O–H groups in total. The number of nitro groups is 1. The molecule has 0 aromatic heterocycles. The fourth-order valence-corrected chi connectivity index (χ4v) is 1.60. The first-order chi connectivity index (χ1) is 10.9. The highest BCUT2D eigenvalue weighted by Gasteiger charge is 2.19. The Morgan fingerprint density at radius 1 is 1.22 bits per heavy atom. The number of non-ortho nitro benzene ring substituents is 1. The van der Waals surface area contributed by atoms with E-state index in [-0.39, 0.29) is 23.7 Å². The smallest absolute Gasteiger partial charge is 0.313 e. The lowest BCUT2D eigenvalue weighted by molar-refractivity contribution is -0.384. The maximum atomic E-state index is 11.8. The zero-order valence-electron chi connectivity index (χ0n) is 12.8. The van der Waals surface area contributed by atoms with Gasteiger partial charge in [0, 0.05) is 20.3 Å². The molecule has 0 atom stereocenters. The number of nitrogens with one attached hydrogen (secondary N) is 2. The first-order valence-electron chi connectivity index (χ1n) is 6.40. The molecule has 0 aliphatic carbocycles. The molecular weight excluding hydrogens is 310 g/mol. The van der Waals surface area contributed by atoms with Crippen LogP contribution in [0.1, 0.15) is 0 Å². The van der Waals surface area contributed by atoms with Gasteiger partial charge >= 0.3 is 11.8 Å². The molecule has 0 heterocycles. The van der Waals surface area contributed by atoms with Gasteiger partial charge in [0.25, 0.3) is 5.69 Å². The molecule has 0 aliphatic heterocycles. The molecule has 23 heavy (non-hydrogen) atoms. The van der Waals surface area contributed by atoms with Crippen LogP contribution in [-0.4, -0.2) is 50.9 Å². The van der Waals surface area contributed by atoms with E-state index in [1.165, 1.54) is 33.5 Å². The van der Waals surface area contributed by atoms with E-state index in [1.807, 2.05) is 0 Å². The average Bonchev–Trinajstić information content (AvgIpc) is 2.55. The number of hydrogen-bond donors (Lipinski definition) is 2. The van der Waals surface area contributed by atoms with Gasteiger partial charge in [0.05, 0.1) is 30.3 Å². The SMILES string of the molecule is COc1cc([N+](=O)[O-])ccc1NC(=O)C(=O)NCC(OC)OC. The normalized spacial score (nSPS) is 10.3. The maximum absolute atomic E-state index is 11.8. The molecule has 0 saturated heterocycles. The summed E-state index contributed by atoms with van der Waals surface area (Å²) in [7, 11) is 4.07. The van der Waals surface area contributed by atoms with Crippen molar-refractivity contribution in [2.75, 3.05) is 33.2 Å². The van der Waals surface area contributed by atoms with Crippen LogP contribution < -0.4 is 15.4 Å². The predicted molar refractivity (Wildman–Crippen MR) is 79.1 cm³/mol. The molecule has 1 aromatic carbocycles. The molecule has 10 nitrogen and oxygen atoms in total. The highest BCUT2D eigenvalue weighted by Crippen LogP contribution is 2.28. The highest BCUT2D eigenvalue weighted by atomic mass is 16.7. The van der Waals surface area contributed by atoms with Crippen molar-refractivity contribution in [1.82, 2.24) is 5.32 Å². The van der Waals surface area contributed by atoms with Crippen molar-refractivity contribution >= 4 is 23.2 Å². The van der Waals surface area contributed by atoms with E-state index >= 15 is 0 Å². The number of amides is 2. The number of anilines is 1. The zero-order chi connectivity index (χ0) is 17.4. The van der Waals surface area contributed by atoms with Crippen LogP contribution in [0.25, 0.3) is 0 Å². The van der Waals surface area contributed by atoms with Crippen LogP contribution in [0.3, 0.4) is 0 Å². The summed E-state index contributed by atoms with van der Waals surface area (Å²) >= 11 is 0. The van der Waals surface area contributed by atoms with E-state index in [1.54, 1.807) is 0 Å². The van der Waals surface area contributed by atoms with Gasteiger partial charge in [-0.3, -0.25) is 19.7 Å². The Labute approximate surface area is 131 Å². The molecule has 0 unspecified atom stereocenters. The molecular formula is C13H17N3O7. The second kappa shape index (κ2) is 8.66. The summed E-state index contributed by atoms with van der Waals surface area (Å²) in [5.74, 6) is -1.81. The maximum Gasteiger partial charge on any atom is 0.313 e. The Bertz CT molecular complexity index is 587. The lowest BCUT2D eigenvalue weighted by Crippen LogP contribution is -2.40. The van der Waals surface area contributed by atoms with Crippen molar-refractivity contribution in [2.45, 2.75) is 6.29 Å². The van der Waals surface area contributed by atoms with E-state index in [9.17, 15) is 19.7 Å². The van der Waals surface area contributed by atoms with Gasteiger partial charge in [-0.2, -0.15) is 0 Å². The Hall–Kier alpha value is -2.72. The van der Waals surface area contributed by atoms with Crippen LogP contribution in [-0.2, 0) is 19.1 Å². The number of methoxy groups -OCH3 is 3. The van der Waals surface area contributed by atoms with E-state index < -0.39 is 23.0 Å². The standard InChI is InChI=1S/C13H17N3O7/c1-21-10-6-8(16(19)20)4-5-9(10)15-13(18)12(17)14-7-11(22-2)23-3/h4-6,11H,7H2,1-3H3,(H,14,17)(H,15,18). The molecule has 0 fully saturated rings. The van der Waals surface area contributed by atoms with Gasteiger partial charge in [-0.1, -0.05) is 0 Å². The van der Waals surface area contributed by atoms with Crippen LogP contribution in [0.2, 0.25) is 0 Å². The minimum atomic E-state index is -0.955. The Morgan fingerprint density at radius 3 is 2.39 bits per heavy atom. The molecule has 1 rings (SSSR count). The van der Waals surface area contributed by atoms with Gasteiger partial charge in [-0.25, -0.2) is 0 Å². The van der Waals surface area contributed by atoms with Gasteiger partial charge < -0.3 is 24.8 Å². The van der Waals surface area contributed by atoms with Crippen molar-refractivity contribution in [3.05, 3.63) is 28.3 Å². The summed E-state index contributed by atoms with van der Waals surface area (Å²) in [4.78, 5) is 33.6. The second-order valence-corrected chi connectivity index (χ2v) is 4.21. The first-order valence-corrected chi connectivity index (χ1v) is 6.40. The number of ether oxygens (including phenoxy) is 3. The zero-order valence-corrected chi connectivity index (χ0v) is 12.8. The summed E-state index contributed by atoms with van der Waals surface area (Å²) in [5, 5.41) is 15.3. The van der Waals surface area contributed by atoms with E-state index in [0.29, 0.717) is 0 Å². The van der Waals surface area contributed by atoms with Crippen LogP contribution in [0.15, 0.2) is 18.2 Å². The fourth-order valence-electron chi connectivity index (χ4n) is 1.60. The predicted octanol–water partition coefficient (Wildman–Crippen LogP) is 0.277. The fraction of sp³-hybridized carbons (Fsp3) is 0.385. The van der Waals surface area contributed by atoms with E-state index in [2.05, 4.69) is 10.6 Å². The summed E-state index contributed by atoms with van der Waals surface area (Å²) < 4.78 is 14.7. The third-order valence-corrected chi connectivity index (χ3v) is 2.81. The van der Waals surface area contributed by atoms with Crippen molar-refractivity contribution in [3.8, 4) is 5.75 Å². The van der Waals surface area contributed by atoms with Gasteiger partial charge in [0.1, 0.15) is 5.75 Å². The molecule has 0 radical (unpaired) electrons. The molecule has 1 aromatic rings. The molecule has 0 bridgehead atoms. The topological polar surface area (TPSA) is 129 Å². The van der Waals surface area contributed by atoms with E-state index in [0.717, 1.165) is 6.07 Å². The third kappa shape index (κ3) is 5.20. The van der Waals surface area contributed by atoms with Crippen molar-refractivity contribution in [2.24, 2.45) is 0 Å². The van der Waals surface area contributed by atoms with Gasteiger partial charge in [-0.05, 0) is 6.07 Å². The second-order valence-electron chi connectivity index (χ2n) is 4.21. The molecule has 10 heteroatoms. The summed E-state index contributed by atoms with van der Waals surface area (Å²) in [6, 6.07) is 3.59. The van der Waals surface area contributed by atoms with E-state index in [4.69, 9.17) is 14.2 Å². The quantitative estimate of drug-likeness (QED) is 0.318. The number of carbonyl (C=O) groups is 2. The number of nitro benzene ring substituents is 1. The lowest BCUT2D eigenvalue weighted by atomic mass is 10.2. The van der Waals surface area contributed by atoms with Crippen LogP contribution in [0.4, 0.5) is 11.4 Å². The summed E-state index contributed by atoms with van der Waals surface area (Å²) in [5.41, 5.74) is -0.0689. The molecule has 0 spiro atoms. The van der Waals surface area contributed by atoms with Gasteiger partial charge in [0.15, 0.2) is 6.29 Å². The Morgan fingerprint density at radius 2 is 1.87 bits per heavy atom.